The zero-order valence-electron chi connectivity index (χ0n) is 15.7. The Kier molecular flexibility index (Phi) is 5.90. The minimum absolute atomic E-state index is 0.104. The molecule has 1 aromatic heterocycles. The molecule has 1 unspecified atom stereocenters. The molecule has 0 aliphatic heterocycles. The van der Waals surface area contributed by atoms with Gasteiger partial charge in [0.2, 0.25) is 5.95 Å². The second kappa shape index (κ2) is 7.55. The second-order valence-electron chi connectivity index (χ2n) is 6.89. The third-order valence-electron chi connectivity index (χ3n) is 4.05. The molecule has 7 nitrogen and oxygen atoms in total. The van der Waals surface area contributed by atoms with E-state index >= 15 is 0 Å². The molecule has 1 aromatic carbocycles. The molecule has 1 atom stereocenters. The maximum Gasteiger partial charge on any atom is 0.421 e. The normalized spacial score (nSPS) is 13.9. The van der Waals surface area contributed by atoms with Crippen LogP contribution in [0.4, 0.5) is 30.6 Å². The number of aromatic nitrogens is 2. The van der Waals surface area contributed by atoms with Crippen LogP contribution in [-0.2, 0) is 16.0 Å². The molecule has 3 N–H and O–H groups in total. The highest BCUT2D eigenvalue weighted by Gasteiger charge is 2.36. The predicted octanol–water partition coefficient (Wildman–Crippen LogP) is 3.21. The molecule has 2 rings (SSSR count). The lowest BCUT2D eigenvalue weighted by molar-refractivity contribution is -0.137. The number of sulfone groups is 1. The molecule has 0 fully saturated rings. The molecule has 0 amide bonds. The molecular weight excluding hydrogens is 397 g/mol. The largest absolute Gasteiger partial charge is 0.421 e. The van der Waals surface area contributed by atoms with Gasteiger partial charge in [0.25, 0.3) is 0 Å². The Labute approximate surface area is 160 Å². The lowest BCUT2D eigenvalue weighted by Gasteiger charge is -2.28. The van der Waals surface area contributed by atoms with Crippen molar-refractivity contribution in [2.45, 2.75) is 43.5 Å². The van der Waals surface area contributed by atoms with Gasteiger partial charge < -0.3 is 15.7 Å². The van der Waals surface area contributed by atoms with E-state index in [0.717, 1.165) is 6.26 Å². The van der Waals surface area contributed by atoms with Gasteiger partial charge in [-0.2, -0.15) is 18.2 Å². The van der Waals surface area contributed by atoms with Crippen molar-refractivity contribution in [1.29, 1.82) is 0 Å². The summed E-state index contributed by atoms with van der Waals surface area (Å²) < 4.78 is 62.7. The summed E-state index contributed by atoms with van der Waals surface area (Å²) in [6.45, 7) is 4.45. The van der Waals surface area contributed by atoms with Gasteiger partial charge in [0.15, 0.2) is 9.84 Å². The number of alkyl halides is 3. The summed E-state index contributed by atoms with van der Waals surface area (Å²) >= 11 is 0. The first-order valence-electron chi connectivity index (χ1n) is 8.18. The molecule has 2 aromatic rings. The monoisotopic (exact) mass is 418 g/mol. The average Bonchev–Trinajstić information content (AvgIpc) is 2.52. The number of aliphatic hydroxyl groups is 1. The highest BCUT2D eigenvalue weighted by molar-refractivity contribution is 7.90. The Bertz CT molecular complexity index is 940. The van der Waals surface area contributed by atoms with Crippen molar-refractivity contribution in [3.63, 3.8) is 0 Å². The molecule has 1 heterocycles. The van der Waals surface area contributed by atoms with Crippen molar-refractivity contribution < 1.29 is 26.7 Å². The molecule has 0 bridgehead atoms. The number of benzene rings is 1. The van der Waals surface area contributed by atoms with E-state index in [2.05, 4.69) is 20.6 Å². The molecule has 0 saturated heterocycles. The molecule has 28 heavy (non-hydrogen) atoms. The Balaban J connectivity index is 2.34. The van der Waals surface area contributed by atoms with E-state index < -0.39 is 39.0 Å². The van der Waals surface area contributed by atoms with Crippen LogP contribution in [0.2, 0.25) is 0 Å². The number of nitrogens with zero attached hydrogens (tertiary/aromatic N) is 2. The number of rotatable bonds is 6. The van der Waals surface area contributed by atoms with E-state index in [9.17, 15) is 26.7 Å². The van der Waals surface area contributed by atoms with Crippen LogP contribution in [0.5, 0.6) is 0 Å². The summed E-state index contributed by atoms with van der Waals surface area (Å²) in [6, 6.07) is 4.88. The van der Waals surface area contributed by atoms with Gasteiger partial charge in [-0.05, 0) is 45.0 Å². The number of nitrogens with one attached hydrogen (secondary N) is 2. The SMILES string of the molecule is CC(Nc1nc(Nc2ccc(S(C)(=O)=O)cc2)ncc1C(F)(F)F)C(C)(C)O. The number of anilines is 3. The van der Waals surface area contributed by atoms with Crippen LogP contribution in [0, 0.1) is 0 Å². The molecule has 0 aliphatic rings. The van der Waals surface area contributed by atoms with Crippen LogP contribution >= 0.6 is 0 Å². The summed E-state index contributed by atoms with van der Waals surface area (Å²) in [6.07, 6.45) is -2.98. The molecular formula is C17H21F3N4O3S. The van der Waals surface area contributed by atoms with Crippen molar-refractivity contribution in [2.75, 3.05) is 16.9 Å². The summed E-state index contributed by atoms with van der Waals surface area (Å²) in [5.74, 6) is -0.599. The third-order valence-corrected chi connectivity index (χ3v) is 5.17. The lowest BCUT2D eigenvalue weighted by atomic mass is 10.0. The van der Waals surface area contributed by atoms with Crippen LogP contribution in [0.25, 0.3) is 0 Å². The standard InChI is InChI=1S/C17H21F3N4O3S/c1-10(16(2,3)25)22-14-13(17(18,19)20)9-21-15(24-14)23-11-5-7-12(8-6-11)28(4,26)27/h5-10,25H,1-4H3,(H2,21,22,23,24). The van der Waals surface area contributed by atoms with Crippen LogP contribution in [-0.4, -0.2) is 41.4 Å². The van der Waals surface area contributed by atoms with E-state index in [4.69, 9.17) is 0 Å². The first-order chi connectivity index (χ1) is 12.7. The summed E-state index contributed by atoms with van der Waals surface area (Å²) in [5, 5.41) is 15.3. The second-order valence-corrected chi connectivity index (χ2v) is 8.91. The fraction of sp³-hybridized carbons (Fsp3) is 0.412. The fourth-order valence-corrected chi connectivity index (χ4v) is 2.69. The van der Waals surface area contributed by atoms with Gasteiger partial charge in [0, 0.05) is 18.1 Å². The van der Waals surface area contributed by atoms with Gasteiger partial charge in [0.1, 0.15) is 11.4 Å². The Morgan fingerprint density at radius 1 is 1.14 bits per heavy atom. The van der Waals surface area contributed by atoms with Crippen LogP contribution in [0.1, 0.15) is 26.3 Å². The van der Waals surface area contributed by atoms with Crippen molar-refractivity contribution in [3.05, 3.63) is 36.0 Å². The van der Waals surface area contributed by atoms with Gasteiger partial charge in [-0.15, -0.1) is 0 Å². The summed E-state index contributed by atoms with van der Waals surface area (Å²) in [4.78, 5) is 7.66. The van der Waals surface area contributed by atoms with E-state index in [0.29, 0.717) is 11.9 Å². The Hall–Kier alpha value is -2.40. The van der Waals surface area contributed by atoms with E-state index in [1.807, 2.05) is 0 Å². The summed E-state index contributed by atoms with van der Waals surface area (Å²) in [5.41, 5.74) is -1.96. The number of hydrogen-bond donors (Lipinski definition) is 3. The molecule has 0 spiro atoms. The predicted molar refractivity (Wildman–Crippen MR) is 99.3 cm³/mol. The van der Waals surface area contributed by atoms with Gasteiger partial charge in [0.05, 0.1) is 16.5 Å². The highest BCUT2D eigenvalue weighted by atomic mass is 32.2. The first kappa shape index (κ1) is 21.9. The maximum absolute atomic E-state index is 13.3. The van der Waals surface area contributed by atoms with Crippen LogP contribution in [0.3, 0.4) is 0 Å². The molecule has 0 saturated carbocycles. The van der Waals surface area contributed by atoms with Gasteiger partial charge in [-0.3, -0.25) is 0 Å². The van der Waals surface area contributed by atoms with Gasteiger partial charge in [-0.1, -0.05) is 0 Å². The topological polar surface area (TPSA) is 104 Å². The van der Waals surface area contributed by atoms with Crippen molar-refractivity contribution in [1.82, 2.24) is 9.97 Å². The molecule has 154 valence electrons. The van der Waals surface area contributed by atoms with Gasteiger partial charge >= 0.3 is 6.18 Å². The minimum Gasteiger partial charge on any atom is -0.388 e. The summed E-state index contributed by atoms with van der Waals surface area (Å²) in [7, 11) is -3.37. The average molecular weight is 418 g/mol. The number of halogens is 3. The first-order valence-corrected chi connectivity index (χ1v) is 10.1. The quantitative estimate of drug-likeness (QED) is 0.662. The minimum atomic E-state index is -4.68. The maximum atomic E-state index is 13.3. The van der Waals surface area contributed by atoms with Crippen molar-refractivity contribution in [2.24, 2.45) is 0 Å². The van der Waals surface area contributed by atoms with Gasteiger partial charge in [-0.25, -0.2) is 13.4 Å². The smallest absolute Gasteiger partial charge is 0.388 e. The highest BCUT2D eigenvalue weighted by Crippen LogP contribution is 2.35. The van der Waals surface area contributed by atoms with Crippen molar-refractivity contribution >= 4 is 27.3 Å². The van der Waals surface area contributed by atoms with E-state index in [-0.39, 0.29) is 10.8 Å². The van der Waals surface area contributed by atoms with Crippen LogP contribution in [0.15, 0.2) is 35.4 Å². The fourth-order valence-electron chi connectivity index (χ4n) is 2.06. The third kappa shape index (κ3) is 5.55. The zero-order chi connectivity index (χ0) is 21.3. The zero-order valence-corrected chi connectivity index (χ0v) is 16.5. The van der Waals surface area contributed by atoms with E-state index in [1.165, 1.54) is 45.0 Å². The Morgan fingerprint density at radius 3 is 2.18 bits per heavy atom. The molecule has 11 heteroatoms. The number of hydrogen-bond acceptors (Lipinski definition) is 7. The molecule has 0 aliphatic carbocycles. The Morgan fingerprint density at radius 2 is 1.71 bits per heavy atom. The van der Waals surface area contributed by atoms with E-state index in [1.54, 1.807) is 0 Å². The lowest BCUT2D eigenvalue weighted by Crippen LogP contribution is -2.40. The molecule has 0 radical (unpaired) electrons. The van der Waals surface area contributed by atoms with Crippen LogP contribution < -0.4 is 10.6 Å². The van der Waals surface area contributed by atoms with Crippen molar-refractivity contribution in [3.8, 4) is 0 Å².